The molecule has 3 N–H and O–H groups in total. The Labute approximate surface area is 198 Å². The standard InChI is InChI=1S/C24H32N4O6/c1-12(2)19(26-14(4)29)22(31)27-17-10-9-15-7-6-8-16-11-18(28(20(15)16)23(17)32)21(30)25-13(3)24(33)34-5/h6-8,12-13,17-19H,9-11H2,1-5H3,(H,25,30)(H,26,29)(H,27,31)/t13-,17-,18-,19-/m0/s1. The van der Waals surface area contributed by atoms with Crippen LogP contribution in [-0.2, 0) is 41.6 Å². The van der Waals surface area contributed by atoms with Crippen LogP contribution in [0, 0.1) is 5.92 Å². The van der Waals surface area contributed by atoms with E-state index >= 15 is 0 Å². The van der Waals surface area contributed by atoms with Gasteiger partial charge in [-0.3, -0.25) is 24.1 Å². The normalized spacial score (nSPS) is 20.6. The van der Waals surface area contributed by atoms with Gasteiger partial charge in [-0.15, -0.1) is 0 Å². The number of anilines is 1. The molecular weight excluding hydrogens is 440 g/mol. The van der Waals surface area contributed by atoms with Gasteiger partial charge in [0.15, 0.2) is 0 Å². The molecule has 2 aliphatic heterocycles. The number of hydrogen-bond acceptors (Lipinski definition) is 6. The van der Waals surface area contributed by atoms with Crippen molar-refractivity contribution >= 4 is 35.3 Å². The van der Waals surface area contributed by atoms with Crippen LogP contribution >= 0.6 is 0 Å². The fourth-order valence-electron chi connectivity index (χ4n) is 4.54. The number of amides is 4. The number of carbonyl (C=O) groups excluding carboxylic acids is 5. The maximum absolute atomic E-state index is 13.7. The number of nitrogens with one attached hydrogen (secondary N) is 3. The third-order valence-corrected chi connectivity index (χ3v) is 6.25. The molecule has 10 nitrogen and oxygen atoms in total. The fraction of sp³-hybridized carbons (Fsp3) is 0.542. The lowest BCUT2D eigenvalue weighted by Gasteiger charge is -2.29. The lowest BCUT2D eigenvalue weighted by Crippen LogP contribution is -2.58. The number of benzene rings is 1. The first-order chi connectivity index (χ1) is 16.0. The van der Waals surface area contributed by atoms with Gasteiger partial charge in [-0.1, -0.05) is 32.0 Å². The van der Waals surface area contributed by atoms with Crippen molar-refractivity contribution in [2.45, 2.75) is 71.1 Å². The minimum atomic E-state index is -0.872. The van der Waals surface area contributed by atoms with Crippen molar-refractivity contribution in [1.82, 2.24) is 16.0 Å². The van der Waals surface area contributed by atoms with Gasteiger partial charge in [0.25, 0.3) is 0 Å². The zero-order valence-electron chi connectivity index (χ0n) is 20.1. The Kier molecular flexibility index (Phi) is 7.58. The Morgan fingerprint density at radius 3 is 2.38 bits per heavy atom. The quantitative estimate of drug-likeness (QED) is 0.486. The van der Waals surface area contributed by atoms with E-state index in [2.05, 4.69) is 20.7 Å². The molecular formula is C24H32N4O6. The van der Waals surface area contributed by atoms with E-state index < -0.39 is 47.9 Å². The predicted octanol–water partition coefficient (Wildman–Crippen LogP) is 0.214. The van der Waals surface area contributed by atoms with Gasteiger partial charge in [0.1, 0.15) is 24.2 Å². The number of ether oxygens (including phenoxy) is 1. The lowest BCUT2D eigenvalue weighted by atomic mass is 10.00. The molecule has 0 spiro atoms. The van der Waals surface area contributed by atoms with E-state index in [1.807, 2.05) is 18.2 Å². The molecule has 4 amide bonds. The Hall–Kier alpha value is -3.43. The SMILES string of the molecule is COC(=O)[C@H](C)NC(=O)[C@@H]1Cc2cccc3c2N1C(=O)[C@@H](NC(=O)[C@@H](NC(C)=O)C(C)C)CC3. The maximum Gasteiger partial charge on any atom is 0.328 e. The molecule has 10 heteroatoms. The van der Waals surface area contributed by atoms with Gasteiger partial charge < -0.3 is 20.7 Å². The summed E-state index contributed by atoms with van der Waals surface area (Å²) >= 11 is 0. The first kappa shape index (κ1) is 25.2. The summed E-state index contributed by atoms with van der Waals surface area (Å²) in [5.41, 5.74) is 2.47. The summed E-state index contributed by atoms with van der Waals surface area (Å²) in [5.74, 6) is -2.43. The Morgan fingerprint density at radius 1 is 1.09 bits per heavy atom. The molecule has 0 saturated heterocycles. The number of hydrogen-bond donors (Lipinski definition) is 3. The van der Waals surface area contributed by atoms with E-state index in [9.17, 15) is 24.0 Å². The molecule has 3 rings (SSSR count). The van der Waals surface area contributed by atoms with Gasteiger partial charge in [-0.05, 0) is 36.8 Å². The smallest absolute Gasteiger partial charge is 0.328 e. The van der Waals surface area contributed by atoms with E-state index in [0.717, 1.165) is 11.1 Å². The number of esters is 1. The summed E-state index contributed by atoms with van der Waals surface area (Å²) in [4.78, 5) is 64.5. The summed E-state index contributed by atoms with van der Waals surface area (Å²) in [6.45, 7) is 6.46. The fourth-order valence-corrected chi connectivity index (χ4v) is 4.54. The zero-order chi connectivity index (χ0) is 25.2. The molecule has 0 fully saturated rings. The third-order valence-electron chi connectivity index (χ3n) is 6.25. The summed E-state index contributed by atoms with van der Waals surface area (Å²) in [6.07, 6.45) is 1.20. The van der Waals surface area contributed by atoms with Crippen LogP contribution in [0.15, 0.2) is 18.2 Å². The van der Waals surface area contributed by atoms with Crippen LogP contribution < -0.4 is 20.9 Å². The minimum Gasteiger partial charge on any atom is -0.467 e. The summed E-state index contributed by atoms with van der Waals surface area (Å²) in [5, 5.41) is 8.05. The number of para-hydroxylation sites is 1. The number of methoxy groups -OCH3 is 1. The van der Waals surface area contributed by atoms with E-state index in [-0.39, 0.29) is 11.8 Å². The molecule has 0 bridgehead atoms. The van der Waals surface area contributed by atoms with Crippen LogP contribution in [0.4, 0.5) is 5.69 Å². The molecule has 2 aliphatic rings. The second-order valence-electron chi connectivity index (χ2n) is 9.13. The highest BCUT2D eigenvalue weighted by atomic mass is 16.5. The van der Waals surface area contributed by atoms with Crippen molar-refractivity contribution in [1.29, 1.82) is 0 Å². The van der Waals surface area contributed by atoms with Gasteiger partial charge >= 0.3 is 5.97 Å². The van der Waals surface area contributed by atoms with Gasteiger partial charge in [0.05, 0.1) is 12.8 Å². The molecule has 0 radical (unpaired) electrons. The number of nitrogens with zero attached hydrogens (tertiary/aromatic N) is 1. The lowest BCUT2D eigenvalue weighted by molar-refractivity contribution is -0.144. The summed E-state index contributed by atoms with van der Waals surface area (Å²) in [6, 6.07) is 2.29. The predicted molar refractivity (Wildman–Crippen MR) is 124 cm³/mol. The monoisotopic (exact) mass is 472 g/mol. The van der Waals surface area contributed by atoms with E-state index in [1.165, 1.54) is 25.9 Å². The zero-order valence-corrected chi connectivity index (χ0v) is 20.1. The highest BCUT2D eigenvalue weighted by Crippen LogP contribution is 2.39. The van der Waals surface area contributed by atoms with Crippen molar-refractivity contribution in [3.05, 3.63) is 29.3 Å². The maximum atomic E-state index is 13.7. The molecule has 0 saturated carbocycles. The van der Waals surface area contributed by atoms with Crippen LogP contribution in [0.1, 0.15) is 45.2 Å². The molecule has 0 aromatic heterocycles. The van der Waals surface area contributed by atoms with E-state index in [1.54, 1.807) is 13.8 Å². The van der Waals surface area contributed by atoms with E-state index in [4.69, 9.17) is 0 Å². The highest BCUT2D eigenvalue weighted by Gasteiger charge is 2.44. The van der Waals surface area contributed by atoms with Crippen molar-refractivity contribution in [2.75, 3.05) is 12.0 Å². The first-order valence-corrected chi connectivity index (χ1v) is 11.4. The Morgan fingerprint density at radius 2 is 1.76 bits per heavy atom. The van der Waals surface area contributed by atoms with E-state index in [0.29, 0.717) is 24.9 Å². The Bertz CT molecular complexity index is 1010. The van der Waals surface area contributed by atoms with Crippen LogP contribution in [0.25, 0.3) is 0 Å². The largest absolute Gasteiger partial charge is 0.467 e. The van der Waals surface area contributed by atoms with Gasteiger partial charge in [-0.25, -0.2) is 4.79 Å². The molecule has 0 unspecified atom stereocenters. The van der Waals surface area contributed by atoms with Crippen molar-refractivity contribution < 1.29 is 28.7 Å². The first-order valence-electron chi connectivity index (χ1n) is 11.4. The summed E-state index contributed by atoms with van der Waals surface area (Å²) < 4.78 is 4.68. The second kappa shape index (κ2) is 10.2. The Balaban J connectivity index is 1.87. The average Bonchev–Trinajstić information content (AvgIpc) is 3.12. The van der Waals surface area contributed by atoms with Gasteiger partial charge in [0, 0.05) is 13.3 Å². The number of aryl methyl sites for hydroxylation is 1. The van der Waals surface area contributed by atoms with Crippen LogP contribution in [0.5, 0.6) is 0 Å². The van der Waals surface area contributed by atoms with Crippen molar-refractivity contribution in [2.24, 2.45) is 5.92 Å². The molecule has 1 aromatic rings. The molecule has 2 heterocycles. The third kappa shape index (κ3) is 5.05. The molecule has 4 atom stereocenters. The number of rotatable bonds is 7. The highest BCUT2D eigenvalue weighted by molar-refractivity contribution is 6.08. The average molecular weight is 473 g/mol. The van der Waals surface area contributed by atoms with Crippen LogP contribution in [0.3, 0.4) is 0 Å². The van der Waals surface area contributed by atoms with Crippen molar-refractivity contribution in [3.63, 3.8) is 0 Å². The van der Waals surface area contributed by atoms with Crippen molar-refractivity contribution in [3.8, 4) is 0 Å². The summed E-state index contributed by atoms with van der Waals surface area (Å²) in [7, 11) is 1.24. The molecule has 1 aromatic carbocycles. The van der Waals surface area contributed by atoms with Gasteiger partial charge in [-0.2, -0.15) is 0 Å². The van der Waals surface area contributed by atoms with Gasteiger partial charge in [0.2, 0.25) is 23.6 Å². The van der Waals surface area contributed by atoms with Crippen LogP contribution in [-0.4, -0.2) is 60.9 Å². The topological polar surface area (TPSA) is 134 Å². The minimum absolute atomic E-state index is 0.182. The molecule has 34 heavy (non-hydrogen) atoms. The molecule has 0 aliphatic carbocycles. The second-order valence-corrected chi connectivity index (χ2v) is 9.13. The molecule has 184 valence electrons. The van der Waals surface area contributed by atoms with Crippen LogP contribution in [0.2, 0.25) is 0 Å². The number of carbonyl (C=O) groups is 5.